The minimum absolute atomic E-state index is 0.160. The second kappa shape index (κ2) is 5.45. The molecule has 0 amide bonds. The molecule has 1 aliphatic carbocycles. The van der Waals surface area contributed by atoms with Gasteiger partial charge in [-0.1, -0.05) is 12.8 Å². The molecule has 1 fully saturated rings. The van der Waals surface area contributed by atoms with Gasteiger partial charge in [-0.2, -0.15) is 0 Å². The van der Waals surface area contributed by atoms with Gasteiger partial charge in [0.25, 0.3) is 0 Å². The van der Waals surface area contributed by atoms with Crippen molar-refractivity contribution < 1.29 is 5.11 Å². The lowest BCUT2D eigenvalue weighted by atomic mass is 10.2. The molecule has 1 heterocycles. The fraction of sp³-hybridized carbons (Fsp3) is 0.692. The summed E-state index contributed by atoms with van der Waals surface area (Å²) in [6.07, 6.45) is 4.93. The minimum Gasteiger partial charge on any atom is -0.395 e. The van der Waals surface area contributed by atoms with Gasteiger partial charge in [0.1, 0.15) is 0 Å². The Bertz CT molecular complexity index is 355. The maximum atomic E-state index is 9.20. The molecule has 1 saturated carbocycles. The number of hydrogen-bond acceptors (Lipinski definition) is 4. The second-order valence-electron chi connectivity index (χ2n) is 4.81. The zero-order valence-corrected chi connectivity index (χ0v) is 10.7. The Morgan fingerprint density at radius 1 is 1.24 bits per heavy atom. The summed E-state index contributed by atoms with van der Waals surface area (Å²) in [4.78, 5) is 11.2. The van der Waals surface area contributed by atoms with Crippen LogP contribution in [0.25, 0.3) is 0 Å². The molecule has 0 aromatic carbocycles. The van der Waals surface area contributed by atoms with Gasteiger partial charge in [0.2, 0.25) is 5.95 Å². The van der Waals surface area contributed by atoms with E-state index in [-0.39, 0.29) is 6.61 Å². The summed E-state index contributed by atoms with van der Waals surface area (Å²) >= 11 is 0. The number of rotatable bonds is 4. The van der Waals surface area contributed by atoms with Crippen molar-refractivity contribution in [2.45, 2.75) is 45.6 Å². The Balaban J connectivity index is 2.24. The molecule has 1 aromatic rings. The van der Waals surface area contributed by atoms with Gasteiger partial charge in [-0.3, -0.25) is 0 Å². The highest BCUT2D eigenvalue weighted by atomic mass is 16.3. The van der Waals surface area contributed by atoms with Crippen LogP contribution in [0.5, 0.6) is 0 Å². The van der Waals surface area contributed by atoms with Crippen LogP contribution in [-0.4, -0.2) is 34.3 Å². The zero-order chi connectivity index (χ0) is 12.3. The molecule has 1 aliphatic rings. The highest BCUT2D eigenvalue weighted by Crippen LogP contribution is 2.26. The van der Waals surface area contributed by atoms with E-state index in [0.29, 0.717) is 12.6 Å². The van der Waals surface area contributed by atoms with Crippen LogP contribution in [0.3, 0.4) is 0 Å². The average molecular weight is 235 g/mol. The van der Waals surface area contributed by atoms with Crippen molar-refractivity contribution in [2.75, 3.05) is 18.1 Å². The number of nitrogens with zero attached hydrogens (tertiary/aromatic N) is 3. The predicted octanol–water partition coefficient (Wildman–Crippen LogP) is 1.83. The number of anilines is 1. The van der Waals surface area contributed by atoms with Crippen molar-refractivity contribution in [3.63, 3.8) is 0 Å². The molecular formula is C13H21N3O. The molecule has 0 spiro atoms. The van der Waals surface area contributed by atoms with Gasteiger partial charge in [0, 0.05) is 24.0 Å². The van der Waals surface area contributed by atoms with Crippen molar-refractivity contribution in [2.24, 2.45) is 0 Å². The molecule has 0 unspecified atom stereocenters. The normalized spacial score (nSPS) is 16.4. The third-order valence-electron chi connectivity index (χ3n) is 3.33. The lowest BCUT2D eigenvalue weighted by Crippen LogP contribution is -2.37. The van der Waals surface area contributed by atoms with Gasteiger partial charge < -0.3 is 10.0 Å². The summed E-state index contributed by atoms with van der Waals surface area (Å²) < 4.78 is 0. The molecule has 17 heavy (non-hydrogen) atoms. The molecule has 0 bridgehead atoms. The zero-order valence-electron chi connectivity index (χ0n) is 10.7. The molecular weight excluding hydrogens is 214 g/mol. The van der Waals surface area contributed by atoms with Crippen LogP contribution in [0.15, 0.2) is 6.07 Å². The van der Waals surface area contributed by atoms with Crippen molar-refractivity contribution in [3.8, 4) is 0 Å². The Morgan fingerprint density at radius 2 is 1.82 bits per heavy atom. The maximum Gasteiger partial charge on any atom is 0.226 e. The van der Waals surface area contributed by atoms with Crippen molar-refractivity contribution in [3.05, 3.63) is 17.5 Å². The smallest absolute Gasteiger partial charge is 0.226 e. The Kier molecular flexibility index (Phi) is 3.94. The first-order valence-corrected chi connectivity index (χ1v) is 6.40. The monoisotopic (exact) mass is 235 g/mol. The van der Waals surface area contributed by atoms with Gasteiger partial charge in [-0.25, -0.2) is 9.97 Å². The molecule has 94 valence electrons. The number of aliphatic hydroxyl groups excluding tert-OH is 1. The Hall–Kier alpha value is -1.16. The molecule has 1 N–H and O–H groups in total. The summed E-state index contributed by atoms with van der Waals surface area (Å²) in [5.41, 5.74) is 1.99. The van der Waals surface area contributed by atoms with Crippen LogP contribution < -0.4 is 4.90 Å². The van der Waals surface area contributed by atoms with E-state index in [1.54, 1.807) is 0 Å². The van der Waals surface area contributed by atoms with E-state index in [1.165, 1.54) is 25.7 Å². The van der Waals surface area contributed by atoms with E-state index < -0.39 is 0 Å². The number of hydrogen-bond donors (Lipinski definition) is 1. The average Bonchev–Trinajstić information content (AvgIpc) is 2.77. The standard InChI is InChI=1S/C13H21N3O/c1-10-9-11(2)15-13(14-10)16(7-8-17)12-5-3-4-6-12/h9,12,17H,3-8H2,1-2H3. The highest BCUT2D eigenvalue weighted by Gasteiger charge is 2.24. The summed E-state index contributed by atoms with van der Waals surface area (Å²) in [6.45, 7) is 4.77. The first-order valence-electron chi connectivity index (χ1n) is 6.40. The molecule has 0 atom stereocenters. The lowest BCUT2D eigenvalue weighted by Gasteiger charge is -2.28. The van der Waals surface area contributed by atoms with Crippen LogP contribution in [-0.2, 0) is 0 Å². The molecule has 0 radical (unpaired) electrons. The van der Waals surface area contributed by atoms with E-state index in [4.69, 9.17) is 0 Å². The number of aromatic nitrogens is 2. The topological polar surface area (TPSA) is 49.2 Å². The van der Waals surface area contributed by atoms with E-state index >= 15 is 0 Å². The van der Waals surface area contributed by atoms with Crippen LogP contribution >= 0.6 is 0 Å². The van der Waals surface area contributed by atoms with Crippen LogP contribution in [0, 0.1) is 13.8 Å². The Labute approximate surface area is 103 Å². The van der Waals surface area contributed by atoms with Gasteiger partial charge in [0.05, 0.1) is 6.61 Å². The van der Waals surface area contributed by atoms with Crippen LogP contribution in [0.1, 0.15) is 37.1 Å². The number of aryl methyl sites for hydroxylation is 2. The summed E-state index contributed by atoms with van der Waals surface area (Å²) in [5.74, 6) is 0.781. The van der Waals surface area contributed by atoms with Gasteiger partial charge in [-0.05, 0) is 32.8 Å². The van der Waals surface area contributed by atoms with Crippen LogP contribution in [0.4, 0.5) is 5.95 Å². The third kappa shape index (κ3) is 2.94. The fourth-order valence-corrected chi connectivity index (χ4v) is 2.61. The molecule has 0 saturated heterocycles. The van der Waals surface area contributed by atoms with Gasteiger partial charge >= 0.3 is 0 Å². The summed E-state index contributed by atoms with van der Waals surface area (Å²) in [7, 11) is 0. The predicted molar refractivity (Wildman–Crippen MR) is 68.2 cm³/mol. The van der Waals surface area contributed by atoms with E-state index in [2.05, 4.69) is 14.9 Å². The second-order valence-corrected chi connectivity index (χ2v) is 4.81. The summed E-state index contributed by atoms with van der Waals surface area (Å²) in [5, 5.41) is 9.20. The van der Waals surface area contributed by atoms with Crippen LogP contribution in [0.2, 0.25) is 0 Å². The first-order chi connectivity index (χ1) is 8.20. The molecule has 4 nitrogen and oxygen atoms in total. The molecule has 2 rings (SSSR count). The molecule has 4 heteroatoms. The quantitative estimate of drug-likeness (QED) is 0.865. The molecule has 1 aromatic heterocycles. The number of aliphatic hydroxyl groups is 1. The minimum atomic E-state index is 0.160. The van der Waals surface area contributed by atoms with E-state index in [1.807, 2.05) is 19.9 Å². The third-order valence-corrected chi connectivity index (χ3v) is 3.33. The molecule has 0 aliphatic heterocycles. The first kappa shape index (κ1) is 12.3. The fourth-order valence-electron chi connectivity index (χ4n) is 2.61. The largest absolute Gasteiger partial charge is 0.395 e. The van der Waals surface area contributed by atoms with Crippen molar-refractivity contribution in [1.29, 1.82) is 0 Å². The van der Waals surface area contributed by atoms with Crippen molar-refractivity contribution in [1.82, 2.24) is 9.97 Å². The lowest BCUT2D eigenvalue weighted by molar-refractivity contribution is 0.296. The van der Waals surface area contributed by atoms with Crippen molar-refractivity contribution >= 4 is 5.95 Å². The van der Waals surface area contributed by atoms with Gasteiger partial charge in [0.15, 0.2) is 0 Å². The Morgan fingerprint density at radius 3 is 2.35 bits per heavy atom. The SMILES string of the molecule is Cc1cc(C)nc(N(CCO)C2CCCC2)n1. The highest BCUT2D eigenvalue weighted by molar-refractivity contribution is 5.34. The van der Waals surface area contributed by atoms with E-state index in [0.717, 1.165) is 17.3 Å². The maximum absolute atomic E-state index is 9.20. The van der Waals surface area contributed by atoms with E-state index in [9.17, 15) is 5.11 Å². The van der Waals surface area contributed by atoms with Gasteiger partial charge in [-0.15, -0.1) is 0 Å². The summed E-state index contributed by atoms with van der Waals surface area (Å²) in [6, 6.07) is 2.48.